The van der Waals surface area contributed by atoms with Crippen molar-refractivity contribution in [2.45, 2.75) is 90.3 Å². The van der Waals surface area contributed by atoms with Gasteiger partial charge in [-0.25, -0.2) is 0 Å². The SMILES string of the molecule is COc1cccc(OC)c1-c1cc(C(=O)N[C@@H](CCN2CCCCC2)CC(=O)NC2CCC2)nn1C(C)C(C)C. The Morgan fingerprint density at radius 2 is 1.70 bits per heavy atom. The number of rotatable bonds is 13. The predicted molar refractivity (Wildman–Crippen MR) is 157 cm³/mol. The molecule has 2 aliphatic rings. The molecule has 2 atom stereocenters. The monoisotopic (exact) mass is 553 g/mol. The zero-order chi connectivity index (χ0) is 28.6. The van der Waals surface area contributed by atoms with Crippen LogP contribution in [0, 0.1) is 5.92 Å². The highest BCUT2D eigenvalue weighted by Gasteiger charge is 2.27. The summed E-state index contributed by atoms with van der Waals surface area (Å²) in [6.07, 6.45) is 7.93. The standard InChI is InChI=1S/C31H47N5O4/c1-21(2)22(3)36-26(30-27(39-4)13-10-14-28(30)40-5)20-25(34-36)31(38)33-24(15-18-35-16-7-6-8-17-35)19-29(37)32-23-11-9-12-23/h10,13-14,20-24H,6-9,11-12,15-19H2,1-5H3,(H,32,37)(H,33,38)/t22?,24-/m0/s1. The molecule has 9 nitrogen and oxygen atoms in total. The van der Waals surface area contributed by atoms with E-state index in [2.05, 4.69) is 36.3 Å². The first-order valence-corrected chi connectivity index (χ1v) is 14.9. The van der Waals surface area contributed by atoms with Crippen molar-refractivity contribution in [3.05, 3.63) is 30.0 Å². The van der Waals surface area contributed by atoms with Gasteiger partial charge in [-0.1, -0.05) is 26.3 Å². The van der Waals surface area contributed by atoms with E-state index in [1.54, 1.807) is 14.2 Å². The number of amides is 2. The van der Waals surface area contributed by atoms with Crippen LogP contribution in [0.2, 0.25) is 0 Å². The van der Waals surface area contributed by atoms with Gasteiger partial charge in [-0.2, -0.15) is 5.10 Å². The van der Waals surface area contributed by atoms with Crippen LogP contribution in [0.5, 0.6) is 11.5 Å². The van der Waals surface area contributed by atoms with E-state index in [4.69, 9.17) is 14.6 Å². The summed E-state index contributed by atoms with van der Waals surface area (Å²) in [6.45, 7) is 9.38. The van der Waals surface area contributed by atoms with E-state index in [9.17, 15) is 9.59 Å². The fourth-order valence-corrected chi connectivity index (χ4v) is 5.46. The molecule has 2 N–H and O–H groups in total. The second-order valence-corrected chi connectivity index (χ2v) is 11.6. The minimum absolute atomic E-state index is 0.00653. The summed E-state index contributed by atoms with van der Waals surface area (Å²) in [7, 11) is 3.25. The van der Waals surface area contributed by atoms with Gasteiger partial charge in [-0.15, -0.1) is 0 Å². The normalized spacial score (nSPS) is 17.6. The van der Waals surface area contributed by atoms with Crippen molar-refractivity contribution < 1.29 is 19.1 Å². The molecular formula is C31H47N5O4. The average molecular weight is 554 g/mol. The third-order valence-electron chi connectivity index (χ3n) is 8.48. The minimum atomic E-state index is -0.273. The van der Waals surface area contributed by atoms with Crippen LogP contribution in [0.15, 0.2) is 24.3 Å². The molecule has 9 heteroatoms. The second-order valence-electron chi connectivity index (χ2n) is 11.6. The van der Waals surface area contributed by atoms with Gasteiger partial charge in [0.25, 0.3) is 5.91 Å². The average Bonchev–Trinajstić information content (AvgIpc) is 3.38. The number of aromatic nitrogens is 2. The molecular weight excluding hydrogens is 506 g/mol. The van der Waals surface area contributed by atoms with Gasteiger partial charge in [-0.3, -0.25) is 14.3 Å². The van der Waals surface area contributed by atoms with E-state index in [-0.39, 0.29) is 42.3 Å². The van der Waals surface area contributed by atoms with Gasteiger partial charge in [0, 0.05) is 25.0 Å². The third kappa shape index (κ3) is 7.36. The molecule has 4 rings (SSSR count). The zero-order valence-electron chi connectivity index (χ0n) is 24.9. The molecule has 0 radical (unpaired) electrons. The highest BCUT2D eigenvalue weighted by atomic mass is 16.5. The number of carbonyl (C=O) groups is 2. The largest absolute Gasteiger partial charge is 0.496 e. The Bertz CT molecular complexity index is 1110. The number of nitrogens with zero attached hydrogens (tertiary/aromatic N) is 3. The number of hydrogen-bond acceptors (Lipinski definition) is 6. The molecule has 1 aromatic heterocycles. The molecule has 1 saturated carbocycles. The Morgan fingerprint density at radius 3 is 2.27 bits per heavy atom. The molecule has 0 bridgehead atoms. The van der Waals surface area contributed by atoms with Crippen molar-refractivity contribution in [3.8, 4) is 22.8 Å². The Labute approximate surface area is 239 Å². The van der Waals surface area contributed by atoms with E-state index in [0.29, 0.717) is 17.2 Å². The fraction of sp³-hybridized carbons (Fsp3) is 0.645. The quantitative estimate of drug-likeness (QED) is 0.369. The lowest BCUT2D eigenvalue weighted by Gasteiger charge is -2.29. The van der Waals surface area contributed by atoms with Crippen LogP contribution in [0.25, 0.3) is 11.3 Å². The number of methoxy groups -OCH3 is 2. The molecule has 1 unspecified atom stereocenters. The third-order valence-corrected chi connectivity index (χ3v) is 8.48. The summed E-state index contributed by atoms with van der Waals surface area (Å²) in [4.78, 5) is 29.0. The highest BCUT2D eigenvalue weighted by molar-refractivity contribution is 5.94. The molecule has 2 aromatic rings. The molecule has 2 amide bonds. The topological polar surface area (TPSA) is 97.7 Å². The van der Waals surface area contributed by atoms with Crippen molar-refractivity contribution in [2.75, 3.05) is 33.9 Å². The molecule has 1 aliphatic carbocycles. The van der Waals surface area contributed by atoms with Gasteiger partial charge in [0.05, 0.1) is 31.5 Å². The van der Waals surface area contributed by atoms with Crippen molar-refractivity contribution in [3.63, 3.8) is 0 Å². The molecule has 1 saturated heterocycles. The lowest BCUT2D eigenvalue weighted by Crippen LogP contribution is -2.45. The Hall–Kier alpha value is -3.07. The second kappa shape index (κ2) is 14.0. The molecule has 2 fully saturated rings. The first-order valence-electron chi connectivity index (χ1n) is 14.9. The van der Waals surface area contributed by atoms with Crippen LogP contribution in [0.3, 0.4) is 0 Å². The number of carbonyl (C=O) groups excluding carboxylic acids is 2. The first kappa shape index (κ1) is 29.9. The Kier molecular flexibility index (Phi) is 10.5. The van der Waals surface area contributed by atoms with Crippen molar-refractivity contribution >= 4 is 11.8 Å². The summed E-state index contributed by atoms with van der Waals surface area (Å²) in [5.74, 6) is 1.31. The molecule has 1 aliphatic heterocycles. The van der Waals surface area contributed by atoms with Gasteiger partial charge < -0.3 is 25.0 Å². The maximum Gasteiger partial charge on any atom is 0.272 e. The number of likely N-dealkylation sites (tertiary alicyclic amines) is 1. The van der Waals surface area contributed by atoms with Crippen LogP contribution in [-0.4, -0.2) is 72.4 Å². The van der Waals surface area contributed by atoms with Crippen LogP contribution >= 0.6 is 0 Å². The van der Waals surface area contributed by atoms with Gasteiger partial charge in [0.2, 0.25) is 5.91 Å². The number of hydrogen-bond donors (Lipinski definition) is 2. The Morgan fingerprint density at radius 1 is 1.02 bits per heavy atom. The first-order chi connectivity index (χ1) is 19.3. The fourth-order valence-electron chi connectivity index (χ4n) is 5.46. The molecule has 1 aromatic carbocycles. The van der Waals surface area contributed by atoms with Gasteiger partial charge in [0.1, 0.15) is 11.5 Å². The van der Waals surface area contributed by atoms with Gasteiger partial charge >= 0.3 is 0 Å². The predicted octanol–water partition coefficient (Wildman–Crippen LogP) is 4.82. The van der Waals surface area contributed by atoms with Gasteiger partial charge in [0.15, 0.2) is 5.69 Å². The van der Waals surface area contributed by atoms with Crippen LogP contribution in [-0.2, 0) is 4.79 Å². The molecule has 220 valence electrons. The van der Waals surface area contributed by atoms with Crippen molar-refractivity contribution in [1.82, 2.24) is 25.3 Å². The maximum absolute atomic E-state index is 13.7. The number of nitrogens with one attached hydrogen (secondary N) is 2. The van der Waals surface area contributed by atoms with Crippen molar-refractivity contribution in [2.24, 2.45) is 5.92 Å². The van der Waals surface area contributed by atoms with E-state index in [0.717, 1.165) is 56.6 Å². The smallest absolute Gasteiger partial charge is 0.272 e. The van der Waals surface area contributed by atoms with Gasteiger partial charge in [-0.05, 0) is 82.7 Å². The minimum Gasteiger partial charge on any atom is -0.496 e. The van der Waals surface area contributed by atoms with Crippen LogP contribution in [0.1, 0.15) is 88.7 Å². The summed E-state index contributed by atoms with van der Waals surface area (Å²) < 4.78 is 13.3. The van der Waals surface area contributed by atoms with Crippen molar-refractivity contribution in [1.29, 1.82) is 0 Å². The molecule has 0 spiro atoms. The maximum atomic E-state index is 13.7. The zero-order valence-corrected chi connectivity index (χ0v) is 24.9. The number of benzene rings is 1. The van der Waals surface area contributed by atoms with Crippen LogP contribution in [0.4, 0.5) is 0 Å². The number of ether oxygens (including phenoxy) is 2. The summed E-state index contributed by atoms with van der Waals surface area (Å²) >= 11 is 0. The van der Waals surface area contributed by atoms with Crippen LogP contribution < -0.4 is 20.1 Å². The Balaban J connectivity index is 1.58. The molecule has 2 heterocycles. The lowest BCUT2D eigenvalue weighted by molar-refractivity contribution is -0.122. The highest BCUT2D eigenvalue weighted by Crippen LogP contribution is 2.40. The summed E-state index contributed by atoms with van der Waals surface area (Å²) in [6, 6.07) is 7.48. The summed E-state index contributed by atoms with van der Waals surface area (Å²) in [5.41, 5.74) is 1.83. The number of piperidine rings is 1. The lowest BCUT2D eigenvalue weighted by atomic mass is 9.93. The van der Waals surface area contributed by atoms with E-state index in [1.807, 2.05) is 28.9 Å². The van der Waals surface area contributed by atoms with E-state index in [1.165, 1.54) is 19.3 Å². The van der Waals surface area contributed by atoms with E-state index < -0.39 is 0 Å². The summed E-state index contributed by atoms with van der Waals surface area (Å²) in [5, 5.41) is 11.1. The van der Waals surface area contributed by atoms with E-state index >= 15 is 0 Å². The molecule has 40 heavy (non-hydrogen) atoms.